The molecule has 0 aliphatic rings. The molecule has 0 saturated heterocycles. The Hall–Kier alpha value is -1.20. The van der Waals surface area contributed by atoms with Crippen LogP contribution in [0.4, 0.5) is 10.4 Å². The zero-order valence-corrected chi connectivity index (χ0v) is 3.24. The molecule has 0 saturated carbocycles. The van der Waals surface area contributed by atoms with Gasteiger partial charge in [-0.3, -0.25) is 0 Å². The fourth-order valence-electron chi connectivity index (χ4n) is 0.184. The van der Waals surface area contributed by atoms with Gasteiger partial charge in [0, 0.05) is 0 Å². The Morgan fingerprint density at radius 2 is 2.43 bits per heavy atom. The third-order valence-electron chi connectivity index (χ3n) is 0.455. The molecule has 1 aromatic rings. The van der Waals surface area contributed by atoms with Crippen molar-refractivity contribution in [3.63, 3.8) is 0 Å². The largest absolute Gasteiger partial charge is 0.365 e. The summed E-state index contributed by atoms with van der Waals surface area (Å²) in [5, 5.41) is 8.69. The van der Waals surface area contributed by atoms with Crippen molar-refractivity contribution in [2.75, 3.05) is 5.73 Å². The monoisotopic (exact) mass is 103 g/mol. The van der Waals surface area contributed by atoms with Crippen LogP contribution in [0.5, 0.6) is 0 Å². The number of hydrogen-bond acceptors (Lipinski definition) is 4. The Bertz CT molecular complexity index is 140. The first kappa shape index (κ1) is 3.97. The summed E-state index contributed by atoms with van der Waals surface area (Å²) in [6, 6.07) is 0. The average Bonchev–Trinajstić information content (AvgIpc) is 1.91. The molecule has 0 radical (unpaired) electrons. The molecule has 0 spiro atoms. The summed E-state index contributed by atoms with van der Waals surface area (Å²) < 4.78 is 11.6. The van der Waals surface area contributed by atoms with Crippen molar-refractivity contribution in [1.29, 1.82) is 0 Å². The smallest absolute Gasteiger partial charge is 0.272 e. The summed E-state index contributed by atoms with van der Waals surface area (Å²) in [5.74, 6) is -0.333. The van der Waals surface area contributed by atoms with Crippen molar-refractivity contribution in [2.45, 2.75) is 0 Å². The Morgan fingerprint density at radius 1 is 1.71 bits per heavy atom. The summed E-state index contributed by atoms with van der Waals surface area (Å²) in [6.07, 6.45) is 0. The van der Waals surface area contributed by atoms with Gasteiger partial charge in [-0.15, -0.1) is 0 Å². The number of hydrogen-bond donors (Lipinski definition) is 1. The standard InChI is InChI=1S/CH2FN5/c2-7-1(3)4-5-6-7/h(H2,3,4,6). The predicted molar refractivity (Wildman–Crippen MR) is 18.7 cm³/mol. The Balaban J connectivity index is 3.12. The zero-order chi connectivity index (χ0) is 5.28. The SMILES string of the molecule is Nc1nnnn1F. The second-order valence-electron chi connectivity index (χ2n) is 0.897. The minimum Gasteiger partial charge on any atom is -0.365 e. The molecule has 2 N–H and O–H groups in total. The Morgan fingerprint density at radius 3 is 2.57 bits per heavy atom. The molecule has 0 atom stereocenters. The fraction of sp³-hybridized carbons (Fsp3) is 0. The molecule has 7 heavy (non-hydrogen) atoms. The van der Waals surface area contributed by atoms with Crippen molar-refractivity contribution >= 4 is 5.95 Å². The number of nitrogens with two attached hydrogens (primary N) is 1. The van der Waals surface area contributed by atoms with E-state index in [1.807, 2.05) is 0 Å². The molecule has 0 amide bonds. The van der Waals surface area contributed by atoms with Gasteiger partial charge in [0.2, 0.25) is 0 Å². The highest BCUT2D eigenvalue weighted by molar-refractivity contribution is 5.07. The molecule has 1 heterocycles. The van der Waals surface area contributed by atoms with Crippen molar-refractivity contribution in [3.8, 4) is 0 Å². The maximum absolute atomic E-state index is 11.6. The zero-order valence-electron chi connectivity index (χ0n) is 3.24. The van der Waals surface area contributed by atoms with E-state index in [0.717, 1.165) is 0 Å². The van der Waals surface area contributed by atoms with Gasteiger partial charge in [0.05, 0.1) is 0 Å². The quantitative estimate of drug-likeness (QED) is 0.456. The van der Waals surface area contributed by atoms with E-state index in [2.05, 4.69) is 15.5 Å². The van der Waals surface area contributed by atoms with Gasteiger partial charge in [-0.25, -0.2) is 0 Å². The number of halogens is 1. The van der Waals surface area contributed by atoms with Gasteiger partial charge in [0.1, 0.15) is 0 Å². The molecule has 0 unspecified atom stereocenters. The molecule has 6 heteroatoms. The van der Waals surface area contributed by atoms with Crippen LogP contribution in [0.3, 0.4) is 0 Å². The summed E-state index contributed by atoms with van der Waals surface area (Å²) in [6.45, 7) is 0. The molecular weight excluding hydrogens is 101 g/mol. The van der Waals surface area contributed by atoms with E-state index < -0.39 is 0 Å². The van der Waals surface area contributed by atoms with Crippen LogP contribution in [-0.2, 0) is 0 Å². The summed E-state index contributed by atoms with van der Waals surface area (Å²) >= 11 is 0. The summed E-state index contributed by atoms with van der Waals surface area (Å²) in [7, 11) is 0. The molecule has 1 aromatic heterocycles. The maximum Gasteiger partial charge on any atom is 0.272 e. The molecule has 0 fully saturated rings. The van der Waals surface area contributed by atoms with Gasteiger partial charge in [-0.1, -0.05) is 9.58 Å². The van der Waals surface area contributed by atoms with Gasteiger partial charge in [-0.05, 0) is 15.3 Å². The van der Waals surface area contributed by atoms with Crippen LogP contribution in [0.2, 0.25) is 0 Å². The lowest BCUT2D eigenvalue weighted by Gasteiger charge is -1.75. The van der Waals surface area contributed by atoms with E-state index in [4.69, 9.17) is 5.73 Å². The number of nitrogens with zero attached hydrogens (tertiary/aromatic N) is 4. The maximum atomic E-state index is 11.6. The van der Waals surface area contributed by atoms with E-state index >= 15 is 0 Å². The first-order valence-corrected chi connectivity index (χ1v) is 1.50. The van der Waals surface area contributed by atoms with Crippen molar-refractivity contribution in [2.24, 2.45) is 0 Å². The van der Waals surface area contributed by atoms with Crippen LogP contribution in [0, 0.1) is 0 Å². The van der Waals surface area contributed by atoms with Crippen LogP contribution < -0.4 is 5.73 Å². The van der Waals surface area contributed by atoms with Crippen molar-refractivity contribution < 1.29 is 4.48 Å². The highest BCUT2D eigenvalue weighted by atomic mass is 19.2. The van der Waals surface area contributed by atoms with E-state index in [0.29, 0.717) is 0 Å². The summed E-state index contributed by atoms with van der Waals surface area (Å²) in [4.78, 5) is -0.111. The number of nitrogen functional groups attached to an aromatic ring is 1. The molecule has 38 valence electrons. The number of rotatable bonds is 0. The Labute approximate surface area is 37.9 Å². The molecule has 1 rings (SSSR count). The molecule has 0 aliphatic carbocycles. The topological polar surface area (TPSA) is 69.6 Å². The van der Waals surface area contributed by atoms with E-state index in [1.165, 1.54) is 0 Å². The lowest BCUT2D eigenvalue weighted by Crippen LogP contribution is -1.93. The van der Waals surface area contributed by atoms with Gasteiger partial charge in [0.15, 0.2) is 0 Å². The van der Waals surface area contributed by atoms with Gasteiger partial charge in [-0.2, -0.15) is 0 Å². The van der Waals surface area contributed by atoms with Gasteiger partial charge >= 0.3 is 0 Å². The molecule has 0 aliphatic heterocycles. The normalized spacial score (nSPS) is 9.29. The molecule has 0 aromatic carbocycles. The van der Waals surface area contributed by atoms with E-state index in [-0.39, 0.29) is 10.9 Å². The lowest BCUT2D eigenvalue weighted by molar-refractivity contribution is 0.313. The minimum atomic E-state index is -0.333. The highest BCUT2D eigenvalue weighted by Crippen LogP contribution is 1.86. The highest BCUT2D eigenvalue weighted by Gasteiger charge is 1.93. The second kappa shape index (κ2) is 1.14. The molecule has 0 bridgehead atoms. The van der Waals surface area contributed by atoms with Crippen molar-refractivity contribution in [1.82, 2.24) is 20.4 Å². The van der Waals surface area contributed by atoms with Crippen LogP contribution in [0.1, 0.15) is 0 Å². The predicted octanol–water partition coefficient (Wildman–Crippen LogP) is -1.01. The molecular formula is CH2FN5. The van der Waals surface area contributed by atoms with Crippen LogP contribution in [-0.4, -0.2) is 20.4 Å². The lowest BCUT2D eigenvalue weighted by atomic mass is 11.2. The van der Waals surface area contributed by atoms with Crippen LogP contribution >= 0.6 is 0 Å². The number of aromatic nitrogens is 4. The minimum absolute atomic E-state index is 0.111. The van der Waals surface area contributed by atoms with E-state index in [9.17, 15) is 4.48 Å². The van der Waals surface area contributed by atoms with Crippen LogP contribution in [0.25, 0.3) is 0 Å². The first-order chi connectivity index (χ1) is 3.30. The molecule has 5 nitrogen and oxygen atoms in total. The van der Waals surface area contributed by atoms with Gasteiger partial charge < -0.3 is 5.73 Å². The third-order valence-corrected chi connectivity index (χ3v) is 0.455. The van der Waals surface area contributed by atoms with E-state index in [1.54, 1.807) is 0 Å². The average molecular weight is 103 g/mol. The fourth-order valence-corrected chi connectivity index (χ4v) is 0.184. The number of tetrazole rings is 1. The second-order valence-corrected chi connectivity index (χ2v) is 0.897. The third kappa shape index (κ3) is 0.486. The van der Waals surface area contributed by atoms with Crippen molar-refractivity contribution in [3.05, 3.63) is 0 Å². The van der Waals surface area contributed by atoms with Crippen LogP contribution in [0.15, 0.2) is 0 Å². The summed E-state index contributed by atoms with van der Waals surface area (Å²) in [5.41, 5.74) is 4.79. The number of anilines is 1. The van der Waals surface area contributed by atoms with Gasteiger partial charge in [0.25, 0.3) is 5.95 Å². The first-order valence-electron chi connectivity index (χ1n) is 1.50. The Kier molecular flexibility index (Phi) is 0.647.